The highest BCUT2D eigenvalue weighted by atomic mass is 16.5. The fourth-order valence-corrected chi connectivity index (χ4v) is 1.70. The monoisotopic (exact) mass is 269 g/mol. The van der Waals surface area contributed by atoms with Crippen LogP contribution in [0.2, 0.25) is 0 Å². The Labute approximate surface area is 114 Å². The van der Waals surface area contributed by atoms with Crippen LogP contribution < -0.4 is 11.5 Å². The number of rotatable bonds is 2. The molecule has 0 bridgehead atoms. The largest absolute Gasteiger partial charge is 0.465 e. The molecule has 4 N–H and O–H groups in total. The molecule has 0 amide bonds. The number of esters is 1. The van der Waals surface area contributed by atoms with Crippen LogP contribution in [0.3, 0.4) is 0 Å². The molecule has 0 fully saturated rings. The molecule has 2 aromatic rings. The fraction of sp³-hybridized carbons (Fsp3) is 0.0769. The number of anilines is 2. The smallest absolute Gasteiger partial charge is 0.337 e. The third-order valence-electron chi connectivity index (χ3n) is 2.65. The number of methoxy groups -OCH3 is 1. The lowest BCUT2D eigenvalue weighted by Gasteiger charge is -2.07. The van der Waals surface area contributed by atoms with E-state index in [1.807, 2.05) is 6.07 Å². The van der Waals surface area contributed by atoms with Crippen LogP contribution in [0.4, 0.5) is 11.8 Å². The Bertz CT molecular complexity index is 704. The van der Waals surface area contributed by atoms with E-state index in [-0.39, 0.29) is 17.3 Å². The van der Waals surface area contributed by atoms with Crippen molar-refractivity contribution in [2.45, 2.75) is 0 Å². The maximum absolute atomic E-state index is 11.4. The molecule has 0 unspecified atom stereocenters. The van der Waals surface area contributed by atoms with E-state index in [4.69, 9.17) is 16.7 Å². The van der Waals surface area contributed by atoms with Crippen LogP contribution in [0.5, 0.6) is 0 Å². The Balaban J connectivity index is 2.52. The number of hydrogen-bond acceptors (Lipinski definition) is 7. The minimum absolute atomic E-state index is 0.0199. The van der Waals surface area contributed by atoms with E-state index >= 15 is 0 Å². The van der Waals surface area contributed by atoms with Crippen LogP contribution in [-0.4, -0.2) is 23.0 Å². The van der Waals surface area contributed by atoms with Gasteiger partial charge in [0.1, 0.15) is 17.5 Å². The molecular weight excluding hydrogens is 258 g/mol. The summed E-state index contributed by atoms with van der Waals surface area (Å²) in [5.41, 5.74) is 12.6. The van der Waals surface area contributed by atoms with Gasteiger partial charge in [-0.25, -0.2) is 9.78 Å². The van der Waals surface area contributed by atoms with Crippen molar-refractivity contribution in [3.8, 4) is 17.3 Å². The number of nitriles is 1. The average molecular weight is 269 g/mol. The zero-order valence-corrected chi connectivity index (χ0v) is 10.6. The highest BCUT2D eigenvalue weighted by Gasteiger charge is 2.14. The topological polar surface area (TPSA) is 128 Å². The van der Waals surface area contributed by atoms with Gasteiger partial charge in [-0.3, -0.25) is 0 Å². The summed E-state index contributed by atoms with van der Waals surface area (Å²) in [5, 5.41) is 9.11. The second-order valence-corrected chi connectivity index (χ2v) is 3.87. The average Bonchev–Trinajstić information content (AvgIpc) is 2.46. The van der Waals surface area contributed by atoms with Gasteiger partial charge in [0.2, 0.25) is 5.95 Å². The first-order chi connectivity index (χ1) is 9.56. The van der Waals surface area contributed by atoms with Crippen LogP contribution in [0, 0.1) is 11.3 Å². The van der Waals surface area contributed by atoms with E-state index in [1.165, 1.54) is 7.11 Å². The number of aromatic nitrogens is 2. The lowest BCUT2D eigenvalue weighted by Crippen LogP contribution is -2.05. The van der Waals surface area contributed by atoms with Crippen molar-refractivity contribution in [2.75, 3.05) is 18.6 Å². The van der Waals surface area contributed by atoms with Crippen molar-refractivity contribution < 1.29 is 9.53 Å². The number of ether oxygens (including phenoxy) is 1. The van der Waals surface area contributed by atoms with Crippen LogP contribution in [0.1, 0.15) is 15.9 Å². The van der Waals surface area contributed by atoms with Crippen molar-refractivity contribution in [3.05, 3.63) is 35.4 Å². The van der Waals surface area contributed by atoms with Crippen molar-refractivity contribution >= 4 is 17.7 Å². The molecule has 0 aliphatic rings. The van der Waals surface area contributed by atoms with E-state index in [1.54, 1.807) is 24.3 Å². The second-order valence-electron chi connectivity index (χ2n) is 3.87. The molecule has 0 spiro atoms. The van der Waals surface area contributed by atoms with Crippen LogP contribution in [0.25, 0.3) is 11.3 Å². The molecule has 2 rings (SSSR count). The van der Waals surface area contributed by atoms with Crippen molar-refractivity contribution in [3.63, 3.8) is 0 Å². The number of benzene rings is 1. The minimum Gasteiger partial charge on any atom is -0.465 e. The molecule has 0 radical (unpaired) electrons. The van der Waals surface area contributed by atoms with Crippen LogP contribution in [0.15, 0.2) is 24.3 Å². The van der Waals surface area contributed by atoms with Crippen LogP contribution >= 0.6 is 0 Å². The minimum atomic E-state index is -0.446. The van der Waals surface area contributed by atoms with E-state index < -0.39 is 5.97 Å². The zero-order valence-electron chi connectivity index (χ0n) is 10.6. The maximum Gasteiger partial charge on any atom is 0.337 e. The Kier molecular flexibility index (Phi) is 3.48. The molecule has 0 atom stereocenters. The van der Waals surface area contributed by atoms with Gasteiger partial charge in [0, 0.05) is 5.56 Å². The lowest BCUT2D eigenvalue weighted by molar-refractivity contribution is 0.0601. The molecule has 0 saturated heterocycles. The molecule has 1 aromatic heterocycles. The molecule has 7 nitrogen and oxygen atoms in total. The SMILES string of the molecule is COC(=O)c1ccc(-c2nc(N)nc(N)c2C#N)cc1. The normalized spacial score (nSPS) is 9.80. The van der Waals surface area contributed by atoms with Crippen molar-refractivity contribution in [1.82, 2.24) is 9.97 Å². The Morgan fingerprint density at radius 1 is 1.25 bits per heavy atom. The summed E-state index contributed by atoms with van der Waals surface area (Å²) >= 11 is 0. The van der Waals surface area contributed by atoms with Gasteiger partial charge in [0.25, 0.3) is 0 Å². The predicted octanol–water partition coefficient (Wildman–Crippen LogP) is 0.966. The molecule has 0 aliphatic carbocycles. The molecular formula is C13H11N5O2. The quantitative estimate of drug-likeness (QED) is 0.777. The number of nitrogens with two attached hydrogens (primary N) is 2. The molecule has 7 heteroatoms. The van der Waals surface area contributed by atoms with Gasteiger partial charge < -0.3 is 16.2 Å². The summed E-state index contributed by atoms with van der Waals surface area (Å²) in [6, 6.07) is 8.34. The van der Waals surface area contributed by atoms with Gasteiger partial charge in [0.15, 0.2) is 0 Å². The molecule has 0 aliphatic heterocycles. The zero-order chi connectivity index (χ0) is 14.7. The highest BCUT2D eigenvalue weighted by Crippen LogP contribution is 2.25. The third kappa shape index (κ3) is 2.35. The van der Waals surface area contributed by atoms with Gasteiger partial charge in [-0.05, 0) is 12.1 Å². The summed E-state index contributed by atoms with van der Waals surface area (Å²) in [7, 11) is 1.30. The van der Waals surface area contributed by atoms with Gasteiger partial charge in [-0.2, -0.15) is 10.2 Å². The second kappa shape index (κ2) is 5.24. The Morgan fingerprint density at radius 2 is 1.90 bits per heavy atom. The van der Waals surface area contributed by atoms with Gasteiger partial charge in [0.05, 0.1) is 18.4 Å². The van der Waals surface area contributed by atoms with E-state index in [0.29, 0.717) is 16.8 Å². The first-order valence-electron chi connectivity index (χ1n) is 5.58. The summed E-state index contributed by atoms with van der Waals surface area (Å²) in [6.45, 7) is 0. The Hall–Kier alpha value is -3.14. The first kappa shape index (κ1) is 13.3. The van der Waals surface area contributed by atoms with E-state index in [2.05, 4.69) is 14.7 Å². The van der Waals surface area contributed by atoms with Gasteiger partial charge >= 0.3 is 5.97 Å². The molecule has 100 valence electrons. The first-order valence-corrected chi connectivity index (χ1v) is 5.58. The summed E-state index contributed by atoms with van der Waals surface area (Å²) < 4.78 is 4.61. The van der Waals surface area contributed by atoms with Crippen molar-refractivity contribution in [2.24, 2.45) is 0 Å². The van der Waals surface area contributed by atoms with E-state index in [0.717, 1.165) is 0 Å². The molecule has 20 heavy (non-hydrogen) atoms. The van der Waals surface area contributed by atoms with Crippen molar-refractivity contribution in [1.29, 1.82) is 5.26 Å². The lowest BCUT2D eigenvalue weighted by atomic mass is 10.1. The molecule has 1 heterocycles. The van der Waals surface area contributed by atoms with Gasteiger partial charge in [-0.15, -0.1) is 0 Å². The number of nitrogen functional groups attached to an aromatic ring is 2. The standard InChI is InChI=1S/C13H11N5O2/c1-20-12(19)8-4-2-7(3-5-8)10-9(6-14)11(15)18-13(16)17-10/h2-5H,1H3,(H4,15,16,17,18). The highest BCUT2D eigenvalue weighted by molar-refractivity contribution is 5.90. The molecule has 0 saturated carbocycles. The molecule has 1 aromatic carbocycles. The Morgan fingerprint density at radius 3 is 2.45 bits per heavy atom. The summed E-state index contributed by atoms with van der Waals surface area (Å²) in [6.07, 6.45) is 0. The number of nitrogens with zero attached hydrogens (tertiary/aromatic N) is 3. The maximum atomic E-state index is 11.4. The van der Waals surface area contributed by atoms with Crippen LogP contribution in [-0.2, 0) is 4.74 Å². The number of carbonyl (C=O) groups is 1. The summed E-state index contributed by atoms with van der Waals surface area (Å²) in [4.78, 5) is 19.1. The fourth-order valence-electron chi connectivity index (χ4n) is 1.70. The predicted molar refractivity (Wildman–Crippen MR) is 72.3 cm³/mol. The number of hydrogen-bond donors (Lipinski definition) is 2. The van der Waals surface area contributed by atoms with Gasteiger partial charge in [-0.1, -0.05) is 12.1 Å². The number of carbonyl (C=O) groups excluding carboxylic acids is 1. The van der Waals surface area contributed by atoms with E-state index in [9.17, 15) is 4.79 Å². The third-order valence-corrected chi connectivity index (χ3v) is 2.65. The summed E-state index contributed by atoms with van der Waals surface area (Å²) in [5.74, 6) is -0.445.